The summed E-state index contributed by atoms with van der Waals surface area (Å²) in [5, 5.41) is 0. The van der Waals surface area contributed by atoms with Gasteiger partial charge in [-0.2, -0.15) is 0 Å². The van der Waals surface area contributed by atoms with E-state index in [2.05, 4.69) is 19.6 Å². The minimum atomic E-state index is -1.54. The fourth-order valence-corrected chi connectivity index (χ4v) is 1.86. The van der Waals surface area contributed by atoms with E-state index in [0.29, 0.717) is 0 Å². The largest absolute Gasteiger partial charge is 0.547 e. The molecule has 0 rings (SSSR count). The summed E-state index contributed by atoms with van der Waals surface area (Å²) in [5.41, 5.74) is 0.734. The van der Waals surface area contributed by atoms with E-state index in [0.717, 1.165) is 11.3 Å². The van der Waals surface area contributed by atoms with Gasteiger partial charge in [0.1, 0.15) is 0 Å². The third-order valence-electron chi connectivity index (χ3n) is 1.52. The number of ketones is 1. The summed E-state index contributed by atoms with van der Waals surface area (Å²) in [6, 6.07) is 0. The van der Waals surface area contributed by atoms with E-state index in [1.54, 1.807) is 13.8 Å². The molecule has 0 aromatic rings. The molecule has 2 nitrogen and oxygen atoms in total. The Morgan fingerprint density at radius 1 is 1.08 bits per heavy atom. The second kappa shape index (κ2) is 3.89. The van der Waals surface area contributed by atoms with Gasteiger partial charge in [0, 0.05) is 5.57 Å². The fourth-order valence-electron chi connectivity index (χ4n) is 0.784. The van der Waals surface area contributed by atoms with Crippen LogP contribution >= 0.6 is 0 Å². The highest BCUT2D eigenvalue weighted by Crippen LogP contribution is 2.13. The van der Waals surface area contributed by atoms with Gasteiger partial charge in [0.25, 0.3) is 0 Å². The van der Waals surface area contributed by atoms with Crippen LogP contribution in [-0.4, -0.2) is 14.1 Å². The van der Waals surface area contributed by atoms with Gasteiger partial charge in [-0.3, -0.25) is 4.79 Å². The van der Waals surface area contributed by atoms with E-state index in [4.69, 9.17) is 4.43 Å². The molecule has 0 aromatic heterocycles. The molecule has 12 heavy (non-hydrogen) atoms. The Hall–Kier alpha value is -0.573. The Morgan fingerprint density at radius 3 is 1.75 bits per heavy atom. The summed E-state index contributed by atoms with van der Waals surface area (Å²) < 4.78 is 5.66. The van der Waals surface area contributed by atoms with Crippen molar-refractivity contribution in [2.24, 2.45) is 0 Å². The Morgan fingerprint density at radius 2 is 1.50 bits per heavy atom. The van der Waals surface area contributed by atoms with Crippen molar-refractivity contribution in [3.63, 3.8) is 0 Å². The maximum Gasteiger partial charge on any atom is 0.241 e. The lowest BCUT2D eigenvalue weighted by atomic mass is 10.2. The molecule has 0 fully saturated rings. The van der Waals surface area contributed by atoms with Crippen LogP contribution in [0.25, 0.3) is 0 Å². The van der Waals surface area contributed by atoms with Crippen molar-refractivity contribution >= 4 is 14.1 Å². The van der Waals surface area contributed by atoms with Crippen LogP contribution in [0.1, 0.15) is 20.8 Å². The van der Waals surface area contributed by atoms with Gasteiger partial charge in [-0.25, -0.2) is 0 Å². The second-order valence-electron chi connectivity index (χ2n) is 3.95. The highest BCUT2D eigenvalue weighted by Gasteiger charge is 2.17. The monoisotopic (exact) mass is 186 g/mol. The summed E-state index contributed by atoms with van der Waals surface area (Å²) in [7, 11) is -1.54. The van der Waals surface area contributed by atoms with Crippen LogP contribution in [-0.2, 0) is 9.22 Å². The van der Waals surface area contributed by atoms with Crippen molar-refractivity contribution in [1.29, 1.82) is 0 Å². The van der Waals surface area contributed by atoms with Gasteiger partial charge in [-0.15, -0.1) is 0 Å². The molecule has 70 valence electrons. The number of carbonyl (C=O) groups excluding carboxylic acids is 1. The van der Waals surface area contributed by atoms with Crippen molar-refractivity contribution < 1.29 is 9.22 Å². The molecule has 0 amide bonds. The normalized spacial score (nSPS) is 13.8. The van der Waals surface area contributed by atoms with E-state index < -0.39 is 8.32 Å². The number of Topliss-reactive ketones (excluding diaryl/α,β-unsaturated/α-hetero) is 1. The second-order valence-corrected chi connectivity index (χ2v) is 8.38. The third kappa shape index (κ3) is 4.33. The van der Waals surface area contributed by atoms with E-state index in [9.17, 15) is 4.79 Å². The molecule has 0 aliphatic carbocycles. The molecule has 0 saturated heterocycles. The van der Waals surface area contributed by atoms with E-state index in [1.807, 2.05) is 6.92 Å². The summed E-state index contributed by atoms with van der Waals surface area (Å²) in [6.07, 6.45) is 0. The van der Waals surface area contributed by atoms with Crippen LogP contribution in [0.4, 0.5) is 0 Å². The van der Waals surface area contributed by atoms with Crippen LogP contribution < -0.4 is 0 Å². The first-order valence-corrected chi connectivity index (χ1v) is 7.52. The van der Waals surface area contributed by atoms with Gasteiger partial charge in [0.2, 0.25) is 8.32 Å². The average molecular weight is 186 g/mol. The maximum atomic E-state index is 10.9. The number of hydrogen-bond donors (Lipinski definition) is 0. The Balaban J connectivity index is 4.49. The fraction of sp³-hybridized carbons (Fsp3) is 0.667. The van der Waals surface area contributed by atoms with Crippen molar-refractivity contribution in [3.8, 4) is 0 Å². The quantitative estimate of drug-likeness (QED) is 0.385. The summed E-state index contributed by atoms with van der Waals surface area (Å²) in [5.74, 6) is 0.868. The molecule has 0 bridgehead atoms. The van der Waals surface area contributed by atoms with E-state index in [1.165, 1.54) is 0 Å². The van der Waals surface area contributed by atoms with Crippen molar-refractivity contribution in [2.75, 3.05) is 0 Å². The van der Waals surface area contributed by atoms with Crippen LogP contribution in [0.15, 0.2) is 11.3 Å². The number of allylic oxidation sites excluding steroid dienone is 2. The summed E-state index contributed by atoms with van der Waals surface area (Å²) in [6.45, 7) is 11.5. The highest BCUT2D eigenvalue weighted by molar-refractivity contribution is 6.70. The molecule has 0 aliphatic heterocycles. The first kappa shape index (κ1) is 11.4. The molecule has 0 aliphatic rings. The molecule has 0 aromatic carbocycles. The molecular weight excluding hydrogens is 168 g/mol. The van der Waals surface area contributed by atoms with Crippen molar-refractivity contribution in [1.82, 2.24) is 0 Å². The van der Waals surface area contributed by atoms with Gasteiger partial charge in [-0.1, -0.05) is 0 Å². The van der Waals surface area contributed by atoms with Crippen LogP contribution in [0.3, 0.4) is 0 Å². The number of rotatable bonds is 3. The zero-order valence-corrected chi connectivity index (χ0v) is 9.82. The number of hydrogen-bond acceptors (Lipinski definition) is 2. The first-order valence-electron chi connectivity index (χ1n) is 4.11. The van der Waals surface area contributed by atoms with Gasteiger partial charge < -0.3 is 4.43 Å². The molecule has 0 spiro atoms. The Labute approximate surface area is 75.7 Å². The topological polar surface area (TPSA) is 26.3 Å². The third-order valence-corrected chi connectivity index (χ3v) is 2.43. The predicted molar refractivity (Wildman–Crippen MR) is 53.5 cm³/mol. The molecule has 0 heterocycles. The lowest BCUT2D eigenvalue weighted by Crippen LogP contribution is -2.25. The minimum Gasteiger partial charge on any atom is -0.547 e. The maximum absolute atomic E-state index is 10.9. The van der Waals surface area contributed by atoms with Gasteiger partial charge in [0.15, 0.2) is 5.78 Å². The van der Waals surface area contributed by atoms with E-state index >= 15 is 0 Å². The Bertz CT molecular complexity index is 211. The van der Waals surface area contributed by atoms with Gasteiger partial charge >= 0.3 is 0 Å². The number of carbonyl (C=O) groups is 1. The molecule has 0 atom stereocenters. The SMILES string of the molecule is CC(=O)/C(C)=C(\C)O[Si](C)(C)C. The molecule has 3 heteroatoms. The minimum absolute atomic E-state index is 0.0887. The smallest absolute Gasteiger partial charge is 0.241 e. The van der Waals surface area contributed by atoms with E-state index in [-0.39, 0.29) is 5.78 Å². The predicted octanol–water partition coefficient (Wildman–Crippen LogP) is 2.72. The van der Waals surface area contributed by atoms with Crippen LogP contribution in [0.2, 0.25) is 19.6 Å². The molecular formula is C9H18O2Si. The van der Waals surface area contributed by atoms with Gasteiger partial charge in [0.05, 0.1) is 5.76 Å². The average Bonchev–Trinajstić information content (AvgIpc) is 1.82. The zero-order chi connectivity index (χ0) is 9.94. The van der Waals surface area contributed by atoms with Crippen LogP contribution in [0, 0.1) is 0 Å². The van der Waals surface area contributed by atoms with Crippen LogP contribution in [0.5, 0.6) is 0 Å². The Kier molecular flexibility index (Phi) is 3.71. The van der Waals surface area contributed by atoms with Crippen molar-refractivity contribution in [3.05, 3.63) is 11.3 Å². The molecule has 0 saturated carbocycles. The lowest BCUT2D eigenvalue weighted by molar-refractivity contribution is -0.113. The molecule has 0 unspecified atom stereocenters. The molecule has 0 radical (unpaired) electrons. The standard InChI is InChI=1S/C9H18O2Si/c1-7(8(2)10)9(3)11-12(4,5)6/h1-6H3/b9-7+. The zero-order valence-electron chi connectivity index (χ0n) is 8.82. The summed E-state index contributed by atoms with van der Waals surface area (Å²) >= 11 is 0. The highest BCUT2D eigenvalue weighted by atomic mass is 28.4. The lowest BCUT2D eigenvalue weighted by Gasteiger charge is -2.20. The summed E-state index contributed by atoms with van der Waals surface area (Å²) in [4.78, 5) is 10.9. The first-order chi connectivity index (χ1) is 5.24. The van der Waals surface area contributed by atoms with Crippen molar-refractivity contribution in [2.45, 2.75) is 40.4 Å². The molecule has 0 N–H and O–H groups in total. The van der Waals surface area contributed by atoms with Gasteiger partial charge in [-0.05, 0) is 40.4 Å².